The molecule has 1 amide bonds. The van der Waals surface area contributed by atoms with E-state index >= 15 is 0 Å². The highest BCUT2D eigenvalue weighted by molar-refractivity contribution is 6.30. The highest BCUT2D eigenvalue weighted by Gasteiger charge is 2.44. The van der Waals surface area contributed by atoms with Gasteiger partial charge in [0, 0.05) is 29.8 Å². The summed E-state index contributed by atoms with van der Waals surface area (Å²) in [6, 6.07) is 4.04. The van der Waals surface area contributed by atoms with Crippen molar-refractivity contribution in [3.8, 4) is 0 Å². The van der Waals surface area contributed by atoms with Crippen LogP contribution in [0.4, 0.5) is 17.1 Å². The number of fused-ring (bicyclic) bond motifs is 1. The van der Waals surface area contributed by atoms with Crippen molar-refractivity contribution >= 4 is 40.4 Å². The van der Waals surface area contributed by atoms with Crippen LogP contribution in [0.25, 0.3) is 0 Å². The smallest absolute Gasteiger partial charge is 0.271 e. The minimum atomic E-state index is -0.464. The Morgan fingerprint density at radius 2 is 2.11 bits per heavy atom. The van der Waals surface area contributed by atoms with Gasteiger partial charge >= 0.3 is 0 Å². The Kier molecular flexibility index (Phi) is 4.87. The molecule has 2 unspecified atom stereocenters. The number of alkyl halides is 1. The zero-order chi connectivity index (χ0) is 20.0. The first-order valence-electron chi connectivity index (χ1n) is 9.60. The van der Waals surface area contributed by atoms with E-state index in [0.717, 1.165) is 25.0 Å². The van der Waals surface area contributed by atoms with Crippen LogP contribution in [0.15, 0.2) is 29.5 Å². The Balaban J connectivity index is 1.93. The van der Waals surface area contributed by atoms with E-state index in [2.05, 4.69) is 5.32 Å². The Morgan fingerprint density at radius 1 is 1.36 bits per heavy atom. The maximum absolute atomic E-state index is 13.1. The van der Waals surface area contributed by atoms with Gasteiger partial charge in [-0.05, 0) is 37.2 Å². The van der Waals surface area contributed by atoms with Crippen LogP contribution < -0.4 is 10.2 Å². The van der Waals surface area contributed by atoms with E-state index in [1.54, 1.807) is 11.0 Å². The van der Waals surface area contributed by atoms with E-state index in [-0.39, 0.29) is 41.1 Å². The van der Waals surface area contributed by atoms with Crippen LogP contribution in [0.2, 0.25) is 0 Å². The number of hydrogen-bond acceptors (Lipinski definition) is 5. The molecule has 0 aromatic heterocycles. The van der Waals surface area contributed by atoms with Gasteiger partial charge in [0.2, 0.25) is 5.91 Å². The molecule has 4 rings (SSSR count). The summed E-state index contributed by atoms with van der Waals surface area (Å²) in [4.78, 5) is 38.4. The van der Waals surface area contributed by atoms with Gasteiger partial charge in [-0.25, -0.2) is 0 Å². The number of non-ortho nitro benzene ring substituents is 1. The van der Waals surface area contributed by atoms with E-state index in [0.29, 0.717) is 29.8 Å². The molecule has 1 saturated carbocycles. The van der Waals surface area contributed by atoms with E-state index in [1.807, 2.05) is 6.92 Å². The molecular weight excluding hydrogens is 382 g/mol. The van der Waals surface area contributed by atoms with Gasteiger partial charge in [0.25, 0.3) is 5.69 Å². The molecule has 2 aliphatic carbocycles. The molecule has 1 aromatic rings. The van der Waals surface area contributed by atoms with Gasteiger partial charge in [-0.3, -0.25) is 19.7 Å². The maximum Gasteiger partial charge on any atom is 0.271 e. The normalized spacial score (nSPS) is 24.6. The Bertz CT molecular complexity index is 893. The highest BCUT2D eigenvalue weighted by Crippen LogP contribution is 2.46. The lowest BCUT2D eigenvalue weighted by Crippen LogP contribution is -2.50. The van der Waals surface area contributed by atoms with Crippen LogP contribution in [-0.4, -0.2) is 28.5 Å². The summed E-state index contributed by atoms with van der Waals surface area (Å²) in [5.74, 6) is -0.0912. The minimum absolute atomic E-state index is 0.0489. The largest absolute Gasteiger partial charge is 0.357 e. The molecule has 0 radical (unpaired) electrons. The summed E-state index contributed by atoms with van der Waals surface area (Å²) in [6.45, 7) is 2.02. The number of rotatable bonds is 3. The summed E-state index contributed by atoms with van der Waals surface area (Å²) in [5.41, 5.74) is 2.39. The van der Waals surface area contributed by atoms with Gasteiger partial charge in [-0.2, -0.15) is 0 Å². The van der Waals surface area contributed by atoms with Crippen molar-refractivity contribution in [3.63, 3.8) is 0 Å². The van der Waals surface area contributed by atoms with Gasteiger partial charge < -0.3 is 10.2 Å². The molecule has 7 nitrogen and oxygen atoms in total. The van der Waals surface area contributed by atoms with E-state index in [1.165, 1.54) is 12.1 Å². The third kappa shape index (κ3) is 3.07. The van der Waals surface area contributed by atoms with Crippen LogP contribution >= 0.6 is 11.6 Å². The fraction of sp³-hybridized carbons (Fsp3) is 0.500. The van der Waals surface area contributed by atoms with E-state index < -0.39 is 4.92 Å². The lowest BCUT2D eigenvalue weighted by Gasteiger charge is -2.42. The summed E-state index contributed by atoms with van der Waals surface area (Å²) >= 11 is 5.93. The molecule has 3 aliphatic rings. The van der Waals surface area contributed by atoms with Crippen molar-refractivity contribution < 1.29 is 14.5 Å². The molecule has 0 bridgehead atoms. The third-order valence-electron chi connectivity index (χ3n) is 6.00. The summed E-state index contributed by atoms with van der Waals surface area (Å²) in [5, 5.41) is 14.5. The maximum atomic E-state index is 13.1. The Labute approximate surface area is 167 Å². The molecule has 0 saturated heterocycles. The van der Waals surface area contributed by atoms with E-state index in [9.17, 15) is 19.7 Å². The minimum Gasteiger partial charge on any atom is -0.357 e. The third-order valence-corrected chi connectivity index (χ3v) is 6.23. The first-order valence-corrected chi connectivity index (χ1v) is 10.1. The number of Topliss-reactive ketones (excluding diaryl/α,β-unsaturated/α-hetero) is 1. The number of hydrogen-bond donors (Lipinski definition) is 1. The molecule has 8 heteroatoms. The predicted molar refractivity (Wildman–Crippen MR) is 106 cm³/mol. The zero-order valence-electron chi connectivity index (χ0n) is 15.6. The summed E-state index contributed by atoms with van der Waals surface area (Å²) < 4.78 is 0. The van der Waals surface area contributed by atoms with Gasteiger partial charge in [0.1, 0.15) is 5.88 Å². The fourth-order valence-corrected chi connectivity index (χ4v) is 4.66. The van der Waals surface area contributed by atoms with E-state index in [4.69, 9.17) is 11.6 Å². The van der Waals surface area contributed by atoms with Crippen molar-refractivity contribution in [2.45, 2.75) is 45.1 Å². The number of halogens is 1. The second-order valence-electron chi connectivity index (χ2n) is 7.95. The number of anilines is 2. The van der Waals surface area contributed by atoms with Crippen molar-refractivity contribution in [3.05, 3.63) is 39.6 Å². The van der Waals surface area contributed by atoms with Crippen LogP contribution in [0.1, 0.15) is 39.0 Å². The lowest BCUT2D eigenvalue weighted by atomic mass is 9.72. The molecular formula is C20H22ClN3O4. The van der Waals surface area contributed by atoms with Crippen LogP contribution in [0.3, 0.4) is 0 Å². The Morgan fingerprint density at radius 3 is 2.71 bits per heavy atom. The number of amides is 1. The monoisotopic (exact) mass is 403 g/mol. The number of nitro benzene ring substituents is 1. The summed E-state index contributed by atoms with van der Waals surface area (Å²) in [6.07, 6.45) is 4.08. The second kappa shape index (κ2) is 7.20. The number of nitrogens with zero attached hydrogens (tertiary/aromatic N) is 2. The topological polar surface area (TPSA) is 92.5 Å². The summed E-state index contributed by atoms with van der Waals surface area (Å²) in [7, 11) is 0. The number of nitrogens with one attached hydrogen (secondary N) is 1. The van der Waals surface area contributed by atoms with Gasteiger partial charge in [0.05, 0.1) is 22.3 Å². The molecule has 1 aromatic carbocycles. The quantitative estimate of drug-likeness (QED) is 0.467. The number of carbonyl (C=O) groups is 2. The number of nitro groups is 1. The molecule has 1 N–H and O–H groups in total. The fourth-order valence-electron chi connectivity index (χ4n) is 4.53. The molecule has 0 spiro atoms. The van der Waals surface area contributed by atoms with Crippen LogP contribution in [-0.2, 0) is 9.59 Å². The van der Waals surface area contributed by atoms with Gasteiger partial charge in [-0.1, -0.05) is 13.3 Å². The van der Waals surface area contributed by atoms with Crippen molar-refractivity contribution in [2.24, 2.45) is 11.8 Å². The van der Waals surface area contributed by atoms with Crippen LogP contribution in [0.5, 0.6) is 0 Å². The lowest BCUT2D eigenvalue weighted by molar-refractivity contribution is -0.384. The number of allylic oxidation sites excluding steroid dienone is 1. The molecule has 148 valence electrons. The SMILES string of the molecule is CC1CC(=O)C2=C(C1)Nc1cc([N+](=O)[O-])ccc1N(C(=O)CCl)C2C1CCC1. The molecule has 1 aliphatic heterocycles. The first kappa shape index (κ1) is 18.9. The number of benzene rings is 1. The number of ketones is 1. The highest BCUT2D eigenvalue weighted by atomic mass is 35.5. The standard InChI is InChI=1S/C20H22ClN3O4/c1-11-7-15-19(17(25)8-11)20(12-3-2-4-12)23(18(26)10-21)16-6-5-13(24(27)28)9-14(16)22-15/h5-6,9,11-12,20,22H,2-4,7-8,10H2,1H3. The van der Waals surface area contributed by atoms with Crippen molar-refractivity contribution in [1.29, 1.82) is 0 Å². The molecule has 28 heavy (non-hydrogen) atoms. The van der Waals surface area contributed by atoms with Crippen LogP contribution in [0, 0.1) is 22.0 Å². The number of carbonyl (C=O) groups excluding carboxylic acids is 2. The van der Waals surface area contributed by atoms with Gasteiger partial charge in [0.15, 0.2) is 5.78 Å². The molecule has 2 atom stereocenters. The predicted octanol–water partition coefficient (Wildman–Crippen LogP) is 4.01. The Hall–Kier alpha value is -2.41. The first-order chi connectivity index (χ1) is 13.4. The zero-order valence-corrected chi connectivity index (χ0v) is 16.4. The van der Waals surface area contributed by atoms with Gasteiger partial charge in [-0.15, -0.1) is 11.6 Å². The molecule has 1 heterocycles. The molecule has 1 fully saturated rings. The second-order valence-corrected chi connectivity index (χ2v) is 8.21. The average Bonchev–Trinajstić information content (AvgIpc) is 2.73. The van der Waals surface area contributed by atoms with Crippen molar-refractivity contribution in [2.75, 3.05) is 16.1 Å². The average molecular weight is 404 g/mol. The van der Waals surface area contributed by atoms with Crippen molar-refractivity contribution in [1.82, 2.24) is 0 Å².